The van der Waals surface area contributed by atoms with Crippen LogP contribution in [-0.2, 0) is 6.54 Å². The van der Waals surface area contributed by atoms with Gasteiger partial charge in [-0.1, -0.05) is 6.92 Å². The first kappa shape index (κ1) is 16.0. The summed E-state index contributed by atoms with van der Waals surface area (Å²) in [5, 5.41) is 3.43. The zero-order chi connectivity index (χ0) is 16.2. The predicted octanol–water partition coefficient (Wildman–Crippen LogP) is 2.73. The topological polar surface area (TPSA) is 71.0 Å². The van der Waals surface area contributed by atoms with Crippen LogP contribution < -0.4 is 5.32 Å². The van der Waals surface area contributed by atoms with Crippen molar-refractivity contribution in [2.75, 3.05) is 18.4 Å². The number of nitrogens with one attached hydrogen (secondary N) is 1. The van der Waals surface area contributed by atoms with Gasteiger partial charge in [-0.25, -0.2) is 9.97 Å². The average molecular weight is 331 g/mol. The van der Waals surface area contributed by atoms with Crippen LogP contribution in [-0.4, -0.2) is 38.8 Å². The largest absolute Gasteiger partial charge is 0.298 e. The molecule has 1 amide bonds. The number of rotatable bonds is 4. The number of aryl methyl sites for hydroxylation is 1. The Balaban J connectivity index is 1.63. The Morgan fingerprint density at radius 2 is 2.17 bits per heavy atom. The molecule has 0 unspecified atom stereocenters. The Bertz CT molecular complexity index is 664. The van der Waals surface area contributed by atoms with Gasteiger partial charge in [-0.2, -0.15) is 0 Å². The van der Waals surface area contributed by atoms with Gasteiger partial charge in [-0.3, -0.25) is 20.0 Å². The summed E-state index contributed by atoms with van der Waals surface area (Å²) in [5.74, 6) is 0.556. The Labute approximate surface area is 140 Å². The quantitative estimate of drug-likeness (QED) is 0.933. The van der Waals surface area contributed by atoms with E-state index in [4.69, 9.17) is 0 Å². The van der Waals surface area contributed by atoms with Crippen molar-refractivity contribution < 1.29 is 4.79 Å². The maximum atomic E-state index is 12.1. The third-order valence-electron chi connectivity index (χ3n) is 4.15. The summed E-state index contributed by atoms with van der Waals surface area (Å²) in [6.45, 7) is 7.50. The summed E-state index contributed by atoms with van der Waals surface area (Å²) < 4.78 is 0. The van der Waals surface area contributed by atoms with Gasteiger partial charge in [0.25, 0.3) is 5.91 Å². The van der Waals surface area contributed by atoms with Crippen molar-refractivity contribution in [2.24, 2.45) is 5.92 Å². The molecule has 7 heteroatoms. The first-order chi connectivity index (χ1) is 11.1. The van der Waals surface area contributed by atoms with Gasteiger partial charge in [0.1, 0.15) is 5.69 Å². The lowest BCUT2D eigenvalue weighted by atomic mass is 9.99. The summed E-state index contributed by atoms with van der Waals surface area (Å²) in [6.07, 6.45) is 7.01. The molecule has 0 spiro atoms. The molecule has 0 atom stereocenters. The number of carbonyl (C=O) groups is 1. The number of likely N-dealkylation sites (tertiary alicyclic amines) is 1. The second kappa shape index (κ2) is 7.14. The minimum atomic E-state index is -0.273. The molecule has 3 rings (SSSR count). The van der Waals surface area contributed by atoms with E-state index in [2.05, 4.69) is 32.1 Å². The van der Waals surface area contributed by atoms with Gasteiger partial charge in [0.05, 0.1) is 11.9 Å². The Morgan fingerprint density at radius 3 is 2.87 bits per heavy atom. The van der Waals surface area contributed by atoms with Crippen LogP contribution in [0.15, 0.2) is 18.6 Å². The molecule has 6 nitrogen and oxygen atoms in total. The van der Waals surface area contributed by atoms with Gasteiger partial charge in [0, 0.05) is 23.8 Å². The maximum Gasteiger partial charge on any atom is 0.277 e. The average Bonchev–Trinajstić information content (AvgIpc) is 2.90. The fraction of sp³-hybridized carbons (Fsp3) is 0.500. The molecule has 0 saturated carbocycles. The molecule has 1 N–H and O–H groups in total. The van der Waals surface area contributed by atoms with Crippen LogP contribution in [0.5, 0.6) is 0 Å². The van der Waals surface area contributed by atoms with E-state index in [1.165, 1.54) is 30.1 Å². The fourth-order valence-corrected chi connectivity index (χ4v) is 3.63. The first-order valence-corrected chi connectivity index (χ1v) is 8.69. The van der Waals surface area contributed by atoms with Crippen LogP contribution in [0.2, 0.25) is 0 Å². The number of aromatic nitrogens is 3. The van der Waals surface area contributed by atoms with Crippen LogP contribution in [0.1, 0.15) is 40.8 Å². The molecule has 122 valence electrons. The molecule has 1 saturated heterocycles. The van der Waals surface area contributed by atoms with Crippen LogP contribution in [0, 0.1) is 12.8 Å². The standard InChI is InChI=1S/C16H21N5OS/c1-11-3-7-21(8-4-11)10-14-12(2)19-16(23-14)20-15(22)13-9-17-5-6-18-13/h5-6,9,11H,3-4,7-8,10H2,1-2H3,(H,19,20,22). The van der Waals surface area contributed by atoms with E-state index in [-0.39, 0.29) is 5.91 Å². The molecule has 1 aliphatic heterocycles. The molecule has 0 radical (unpaired) electrons. The molecule has 3 heterocycles. The number of thiazole rings is 1. The van der Waals surface area contributed by atoms with Crippen molar-refractivity contribution in [3.63, 3.8) is 0 Å². The zero-order valence-corrected chi connectivity index (χ0v) is 14.3. The van der Waals surface area contributed by atoms with Crippen molar-refractivity contribution in [3.8, 4) is 0 Å². The number of amides is 1. The van der Waals surface area contributed by atoms with Crippen molar-refractivity contribution in [2.45, 2.75) is 33.2 Å². The fourth-order valence-electron chi connectivity index (χ4n) is 2.63. The monoisotopic (exact) mass is 331 g/mol. The molecular formula is C16H21N5OS. The van der Waals surface area contributed by atoms with Crippen LogP contribution in [0.4, 0.5) is 5.13 Å². The van der Waals surface area contributed by atoms with Crippen molar-refractivity contribution in [1.29, 1.82) is 0 Å². The molecule has 0 aromatic carbocycles. The van der Waals surface area contributed by atoms with E-state index in [0.29, 0.717) is 10.8 Å². The maximum absolute atomic E-state index is 12.1. The normalized spacial score (nSPS) is 16.4. The first-order valence-electron chi connectivity index (χ1n) is 7.88. The highest BCUT2D eigenvalue weighted by Crippen LogP contribution is 2.26. The number of hydrogen-bond donors (Lipinski definition) is 1. The second-order valence-corrected chi connectivity index (χ2v) is 7.11. The van der Waals surface area contributed by atoms with Gasteiger partial charge in [-0.05, 0) is 38.8 Å². The Hall–Kier alpha value is -1.86. The highest BCUT2D eigenvalue weighted by molar-refractivity contribution is 7.15. The molecule has 0 bridgehead atoms. The molecule has 0 aliphatic carbocycles. The van der Waals surface area contributed by atoms with Crippen molar-refractivity contribution in [3.05, 3.63) is 34.9 Å². The predicted molar refractivity (Wildman–Crippen MR) is 90.5 cm³/mol. The minimum Gasteiger partial charge on any atom is -0.298 e. The summed E-state index contributed by atoms with van der Waals surface area (Å²) in [6, 6.07) is 0. The Morgan fingerprint density at radius 1 is 1.39 bits per heavy atom. The van der Waals surface area contributed by atoms with E-state index in [9.17, 15) is 4.79 Å². The lowest BCUT2D eigenvalue weighted by Crippen LogP contribution is -2.32. The summed E-state index contributed by atoms with van der Waals surface area (Å²) in [7, 11) is 0. The molecular weight excluding hydrogens is 310 g/mol. The van der Waals surface area contributed by atoms with E-state index in [1.54, 1.807) is 17.5 Å². The molecule has 1 fully saturated rings. The Kier molecular flexibility index (Phi) is 4.97. The molecule has 2 aromatic heterocycles. The number of hydrogen-bond acceptors (Lipinski definition) is 6. The van der Waals surface area contributed by atoms with Gasteiger partial charge in [0.15, 0.2) is 5.13 Å². The minimum absolute atomic E-state index is 0.273. The zero-order valence-electron chi connectivity index (χ0n) is 13.5. The second-order valence-electron chi connectivity index (χ2n) is 6.03. The highest BCUT2D eigenvalue weighted by atomic mass is 32.1. The van der Waals surface area contributed by atoms with Crippen LogP contribution in [0.25, 0.3) is 0 Å². The third kappa shape index (κ3) is 4.11. The summed E-state index contributed by atoms with van der Waals surface area (Å²) in [4.78, 5) is 28.2. The smallest absolute Gasteiger partial charge is 0.277 e. The number of carbonyl (C=O) groups excluding carboxylic acids is 1. The van der Waals surface area contributed by atoms with Gasteiger partial charge >= 0.3 is 0 Å². The lowest BCUT2D eigenvalue weighted by Gasteiger charge is -2.29. The van der Waals surface area contributed by atoms with Gasteiger partial charge in [-0.15, -0.1) is 11.3 Å². The van der Waals surface area contributed by atoms with Crippen molar-refractivity contribution >= 4 is 22.4 Å². The van der Waals surface area contributed by atoms with E-state index < -0.39 is 0 Å². The summed E-state index contributed by atoms with van der Waals surface area (Å²) in [5.41, 5.74) is 1.29. The molecule has 2 aromatic rings. The highest BCUT2D eigenvalue weighted by Gasteiger charge is 2.19. The number of nitrogens with zero attached hydrogens (tertiary/aromatic N) is 4. The molecule has 1 aliphatic rings. The van der Waals surface area contributed by atoms with Gasteiger partial charge in [0.2, 0.25) is 0 Å². The van der Waals surface area contributed by atoms with E-state index >= 15 is 0 Å². The lowest BCUT2D eigenvalue weighted by molar-refractivity contribution is 0.102. The number of anilines is 1. The van der Waals surface area contributed by atoms with Crippen LogP contribution in [0.3, 0.4) is 0 Å². The SMILES string of the molecule is Cc1nc(NC(=O)c2cnccn2)sc1CN1CCC(C)CC1. The summed E-state index contributed by atoms with van der Waals surface area (Å²) >= 11 is 1.54. The molecule has 23 heavy (non-hydrogen) atoms. The van der Waals surface area contributed by atoms with Gasteiger partial charge < -0.3 is 0 Å². The van der Waals surface area contributed by atoms with Crippen LogP contribution >= 0.6 is 11.3 Å². The third-order valence-corrected chi connectivity index (χ3v) is 5.21. The number of piperidine rings is 1. The van der Waals surface area contributed by atoms with E-state index in [1.807, 2.05) is 6.92 Å². The van der Waals surface area contributed by atoms with E-state index in [0.717, 1.165) is 31.2 Å². The van der Waals surface area contributed by atoms with Crippen molar-refractivity contribution in [1.82, 2.24) is 19.9 Å².